The van der Waals surface area contributed by atoms with Crippen LogP contribution in [0.25, 0.3) is 0 Å². The van der Waals surface area contributed by atoms with Crippen molar-refractivity contribution >= 4 is 13.4 Å². The molecule has 0 aromatic carbocycles. The molecule has 1 aromatic rings. The predicted molar refractivity (Wildman–Crippen MR) is 88.7 cm³/mol. The van der Waals surface area contributed by atoms with E-state index in [0.29, 0.717) is 0 Å². The molecule has 1 atom stereocenters. The van der Waals surface area contributed by atoms with Crippen molar-refractivity contribution in [1.82, 2.24) is 9.55 Å². The van der Waals surface area contributed by atoms with Crippen molar-refractivity contribution in [3.8, 4) is 0 Å². The van der Waals surface area contributed by atoms with Crippen LogP contribution in [0.3, 0.4) is 0 Å². The second-order valence-corrected chi connectivity index (χ2v) is 7.68. The number of hydrogen-bond acceptors (Lipinski definition) is 7. The largest absolute Gasteiger partial charge is 0.383 e. The quantitative estimate of drug-likeness (QED) is 0.634. The van der Waals surface area contributed by atoms with E-state index in [-0.39, 0.29) is 24.6 Å². The molecule has 0 unspecified atom stereocenters. The molecule has 0 fully saturated rings. The molecule has 0 radical (unpaired) electrons. The zero-order chi connectivity index (χ0) is 18.3. The van der Waals surface area contributed by atoms with Gasteiger partial charge in [-0.15, -0.1) is 0 Å². The number of nitrogens with two attached hydrogens (primary N) is 1. The fourth-order valence-electron chi connectivity index (χ4n) is 1.87. The third-order valence-corrected chi connectivity index (χ3v) is 4.63. The zero-order valence-corrected chi connectivity index (χ0v) is 15.2. The van der Waals surface area contributed by atoms with Crippen LogP contribution in [-0.2, 0) is 24.9 Å². The fraction of sp³-hybridized carbons (Fsp3) is 0.714. The van der Waals surface area contributed by atoms with Gasteiger partial charge < -0.3 is 19.5 Å². The van der Waals surface area contributed by atoms with Crippen molar-refractivity contribution in [3.63, 3.8) is 0 Å². The lowest BCUT2D eigenvalue weighted by Gasteiger charge is -2.24. The summed E-state index contributed by atoms with van der Waals surface area (Å²) in [6.45, 7) is 5.88. The zero-order valence-electron chi connectivity index (χ0n) is 14.3. The molecule has 0 spiro atoms. The molecule has 1 rings (SSSR count). The highest BCUT2D eigenvalue weighted by molar-refractivity contribution is 7.53. The molecular weight excluding hydrogens is 340 g/mol. The molecule has 138 valence electrons. The van der Waals surface area contributed by atoms with E-state index >= 15 is 0 Å². The van der Waals surface area contributed by atoms with Gasteiger partial charge in [0.2, 0.25) is 0 Å². The number of aromatic nitrogens is 2. The number of rotatable bonds is 10. The lowest BCUT2D eigenvalue weighted by Crippen LogP contribution is -2.31. The van der Waals surface area contributed by atoms with Crippen LogP contribution < -0.4 is 11.4 Å². The summed E-state index contributed by atoms with van der Waals surface area (Å²) >= 11 is 0. The summed E-state index contributed by atoms with van der Waals surface area (Å²) in [5.41, 5.74) is 4.79. The highest BCUT2D eigenvalue weighted by Crippen LogP contribution is 2.50. The van der Waals surface area contributed by atoms with Gasteiger partial charge >= 0.3 is 13.3 Å². The van der Waals surface area contributed by atoms with Crippen LogP contribution in [-0.4, -0.2) is 40.9 Å². The molecule has 1 heterocycles. The first-order valence-electron chi connectivity index (χ1n) is 7.61. The lowest BCUT2D eigenvalue weighted by molar-refractivity contribution is 0.0298. The Morgan fingerprint density at radius 2 is 1.88 bits per heavy atom. The van der Waals surface area contributed by atoms with Gasteiger partial charge in [0.15, 0.2) is 0 Å². The second-order valence-electron chi connectivity index (χ2n) is 5.78. The summed E-state index contributed by atoms with van der Waals surface area (Å²) in [4.78, 5) is 15.2. The Hall–Kier alpha value is -1.28. The van der Waals surface area contributed by atoms with E-state index in [1.807, 2.05) is 0 Å². The van der Waals surface area contributed by atoms with Gasteiger partial charge in [-0.25, -0.2) is 9.18 Å². The van der Waals surface area contributed by atoms with Crippen LogP contribution in [0, 0.1) is 0 Å². The third kappa shape index (κ3) is 7.09. The Labute approximate surface area is 140 Å². The minimum Gasteiger partial charge on any atom is -0.383 e. The van der Waals surface area contributed by atoms with Crippen molar-refractivity contribution in [2.45, 2.75) is 52.6 Å². The summed E-state index contributed by atoms with van der Waals surface area (Å²) < 4.78 is 43.0. The average molecular weight is 365 g/mol. The van der Waals surface area contributed by atoms with Gasteiger partial charge in [0.25, 0.3) is 0 Å². The van der Waals surface area contributed by atoms with Gasteiger partial charge in [-0.2, -0.15) is 4.98 Å². The van der Waals surface area contributed by atoms with Gasteiger partial charge in [0.1, 0.15) is 24.9 Å². The average Bonchev–Trinajstić information content (AvgIpc) is 2.43. The molecule has 0 saturated heterocycles. The molecule has 0 amide bonds. The Bertz CT molecular complexity index is 609. The Balaban J connectivity index is 2.75. The SMILES string of the molecule is CC(C)OP(=O)(CO[C@H](CF)Cn1ccc(N)nc1=O)OC(C)C. The topological polar surface area (TPSA) is 106 Å². The molecule has 0 aliphatic carbocycles. The van der Waals surface area contributed by atoms with Crippen LogP contribution >= 0.6 is 7.60 Å². The van der Waals surface area contributed by atoms with Crippen molar-refractivity contribution in [2.24, 2.45) is 0 Å². The fourth-order valence-corrected chi connectivity index (χ4v) is 3.72. The van der Waals surface area contributed by atoms with E-state index in [1.165, 1.54) is 12.3 Å². The molecule has 8 nitrogen and oxygen atoms in total. The van der Waals surface area contributed by atoms with Crippen LogP contribution in [0.15, 0.2) is 17.1 Å². The second kappa shape index (κ2) is 9.27. The van der Waals surface area contributed by atoms with E-state index in [1.54, 1.807) is 27.7 Å². The van der Waals surface area contributed by atoms with Crippen LogP contribution in [0.1, 0.15) is 27.7 Å². The van der Waals surface area contributed by atoms with Crippen molar-refractivity contribution < 1.29 is 22.7 Å². The predicted octanol–water partition coefficient (Wildman–Crippen LogP) is 2.18. The highest BCUT2D eigenvalue weighted by Gasteiger charge is 2.29. The smallest absolute Gasteiger partial charge is 0.356 e. The molecule has 0 aliphatic rings. The van der Waals surface area contributed by atoms with E-state index in [4.69, 9.17) is 19.5 Å². The van der Waals surface area contributed by atoms with Gasteiger partial charge in [-0.1, -0.05) is 0 Å². The number of anilines is 1. The van der Waals surface area contributed by atoms with E-state index in [9.17, 15) is 13.8 Å². The van der Waals surface area contributed by atoms with Crippen molar-refractivity contribution in [3.05, 3.63) is 22.7 Å². The van der Waals surface area contributed by atoms with Gasteiger partial charge in [0, 0.05) is 6.20 Å². The van der Waals surface area contributed by atoms with E-state index in [0.717, 1.165) is 4.57 Å². The van der Waals surface area contributed by atoms with E-state index < -0.39 is 32.4 Å². The number of halogens is 1. The highest BCUT2D eigenvalue weighted by atomic mass is 31.2. The molecule has 10 heteroatoms. The normalized spacial score (nSPS) is 13.6. The Morgan fingerprint density at radius 1 is 1.29 bits per heavy atom. The maximum absolute atomic E-state index is 13.2. The molecule has 24 heavy (non-hydrogen) atoms. The number of ether oxygens (including phenoxy) is 1. The van der Waals surface area contributed by atoms with Crippen LogP contribution in [0.2, 0.25) is 0 Å². The number of hydrogen-bond donors (Lipinski definition) is 1. The molecule has 0 bridgehead atoms. The standard InChI is InChI=1S/C14H25FN3O5P/c1-10(2)22-24(20,23-11(3)4)9-21-12(7-15)8-18-6-5-13(16)17-14(18)19/h5-6,10-12H,7-9H2,1-4H3,(H2,16,17,19)/t12-/m1/s1. The van der Waals surface area contributed by atoms with Gasteiger partial charge in [-0.05, 0) is 33.8 Å². The van der Waals surface area contributed by atoms with Crippen molar-refractivity contribution in [2.75, 3.05) is 18.8 Å². The first-order chi connectivity index (χ1) is 11.1. The molecule has 1 aromatic heterocycles. The Morgan fingerprint density at radius 3 is 2.33 bits per heavy atom. The summed E-state index contributed by atoms with van der Waals surface area (Å²) in [7, 11) is -3.53. The third-order valence-electron chi connectivity index (χ3n) is 2.68. The first kappa shape index (κ1) is 20.8. The summed E-state index contributed by atoms with van der Waals surface area (Å²) in [5, 5.41) is 0. The lowest BCUT2D eigenvalue weighted by atomic mass is 10.4. The minimum absolute atomic E-state index is 0.0779. The van der Waals surface area contributed by atoms with E-state index in [2.05, 4.69) is 4.98 Å². The van der Waals surface area contributed by atoms with Gasteiger partial charge in [0.05, 0.1) is 18.8 Å². The summed E-state index contributed by atoms with van der Waals surface area (Å²) in [6.07, 6.45) is -0.689. The number of alkyl halides is 1. The van der Waals surface area contributed by atoms with Crippen LogP contribution in [0.5, 0.6) is 0 Å². The molecule has 0 aliphatic heterocycles. The maximum atomic E-state index is 13.2. The Kier molecular flexibility index (Phi) is 8.02. The minimum atomic E-state index is -3.53. The summed E-state index contributed by atoms with van der Waals surface area (Å²) in [5.74, 6) is 0.0779. The number of nitrogen functional groups attached to an aromatic ring is 1. The molecule has 0 saturated carbocycles. The van der Waals surface area contributed by atoms with Crippen LogP contribution in [0.4, 0.5) is 10.2 Å². The molecule has 2 N–H and O–H groups in total. The van der Waals surface area contributed by atoms with Crippen molar-refractivity contribution in [1.29, 1.82) is 0 Å². The first-order valence-corrected chi connectivity index (χ1v) is 9.34. The number of nitrogens with zero attached hydrogens (tertiary/aromatic N) is 2. The molecular formula is C14H25FN3O5P. The maximum Gasteiger partial charge on any atom is 0.356 e. The van der Waals surface area contributed by atoms with Gasteiger partial charge in [-0.3, -0.25) is 9.13 Å². The monoisotopic (exact) mass is 365 g/mol. The summed E-state index contributed by atoms with van der Waals surface area (Å²) in [6, 6.07) is 1.42.